The first-order valence-electron chi connectivity index (χ1n) is 10.3. The Morgan fingerprint density at radius 2 is 1.83 bits per heavy atom. The van der Waals surface area contributed by atoms with Crippen LogP contribution in [0.3, 0.4) is 0 Å². The van der Waals surface area contributed by atoms with Crippen molar-refractivity contribution in [1.29, 1.82) is 0 Å². The summed E-state index contributed by atoms with van der Waals surface area (Å²) in [4.78, 5) is 44.6. The van der Waals surface area contributed by atoms with E-state index < -0.39 is 0 Å². The molecule has 2 aromatic rings. The van der Waals surface area contributed by atoms with Crippen LogP contribution >= 0.6 is 11.8 Å². The number of hydrogen-bond acceptors (Lipinski definition) is 4. The minimum Gasteiger partial charge on any atom is -0.339 e. The highest BCUT2D eigenvalue weighted by atomic mass is 32.2. The van der Waals surface area contributed by atoms with Gasteiger partial charge in [0.05, 0.1) is 11.4 Å². The molecule has 30 heavy (non-hydrogen) atoms. The van der Waals surface area contributed by atoms with Crippen molar-refractivity contribution >= 4 is 40.9 Å². The zero-order chi connectivity index (χ0) is 21.3. The quantitative estimate of drug-likeness (QED) is 0.741. The fraction of sp³-hybridized carbons (Fsp3) is 0.348. The number of para-hydroxylation sites is 1. The molecule has 6 nitrogen and oxygen atoms in total. The van der Waals surface area contributed by atoms with Crippen LogP contribution in [0.1, 0.15) is 29.8 Å². The second-order valence-corrected chi connectivity index (χ2v) is 8.37. The van der Waals surface area contributed by atoms with Gasteiger partial charge in [-0.05, 0) is 50.1 Å². The van der Waals surface area contributed by atoms with Crippen LogP contribution in [0, 0.1) is 0 Å². The average molecular weight is 424 g/mol. The maximum absolute atomic E-state index is 13.1. The fourth-order valence-corrected chi connectivity index (χ4v) is 4.94. The lowest BCUT2D eigenvalue weighted by Gasteiger charge is -2.31. The van der Waals surface area contributed by atoms with E-state index in [1.165, 1.54) is 16.7 Å². The monoisotopic (exact) mass is 423 g/mol. The summed E-state index contributed by atoms with van der Waals surface area (Å²) in [7, 11) is 0. The van der Waals surface area contributed by atoms with Crippen LogP contribution in [-0.4, -0.2) is 54.6 Å². The Morgan fingerprint density at radius 3 is 2.60 bits per heavy atom. The van der Waals surface area contributed by atoms with Crippen molar-refractivity contribution < 1.29 is 14.4 Å². The van der Waals surface area contributed by atoms with E-state index in [4.69, 9.17) is 0 Å². The first-order chi connectivity index (χ1) is 14.5. The summed E-state index contributed by atoms with van der Waals surface area (Å²) in [5.74, 6) is 0.0122. The van der Waals surface area contributed by atoms with Gasteiger partial charge in [-0.3, -0.25) is 14.4 Å². The van der Waals surface area contributed by atoms with Gasteiger partial charge < -0.3 is 14.7 Å². The fourth-order valence-electron chi connectivity index (χ4n) is 4.02. The van der Waals surface area contributed by atoms with Gasteiger partial charge in [-0.2, -0.15) is 0 Å². The molecule has 2 aliphatic heterocycles. The SMILES string of the molecule is CCN(CC)C(=O)c1ccc2c(c1)N(CC(=O)N1CCc3ccccc31)C(=O)CS2. The molecule has 0 aromatic heterocycles. The van der Waals surface area contributed by atoms with Crippen LogP contribution in [0.15, 0.2) is 47.4 Å². The lowest BCUT2D eigenvalue weighted by atomic mass is 10.1. The van der Waals surface area contributed by atoms with Gasteiger partial charge in [-0.15, -0.1) is 11.8 Å². The van der Waals surface area contributed by atoms with Crippen molar-refractivity contribution in [2.24, 2.45) is 0 Å². The van der Waals surface area contributed by atoms with Crippen molar-refractivity contribution in [3.05, 3.63) is 53.6 Å². The zero-order valence-corrected chi connectivity index (χ0v) is 18.1. The van der Waals surface area contributed by atoms with Crippen molar-refractivity contribution in [2.75, 3.05) is 41.7 Å². The van der Waals surface area contributed by atoms with Crippen LogP contribution < -0.4 is 9.80 Å². The Hall–Kier alpha value is -2.80. The molecule has 0 unspecified atom stereocenters. The summed E-state index contributed by atoms with van der Waals surface area (Å²) in [6, 6.07) is 13.3. The number of nitrogens with zero attached hydrogens (tertiary/aromatic N) is 3. The molecule has 0 radical (unpaired) electrons. The summed E-state index contributed by atoms with van der Waals surface area (Å²) in [6.45, 7) is 5.73. The Morgan fingerprint density at radius 1 is 1.07 bits per heavy atom. The lowest BCUT2D eigenvalue weighted by molar-refractivity contribution is -0.121. The highest BCUT2D eigenvalue weighted by molar-refractivity contribution is 8.00. The normalized spacial score (nSPS) is 15.1. The van der Waals surface area contributed by atoms with E-state index in [2.05, 4.69) is 0 Å². The molecular weight excluding hydrogens is 398 g/mol. The number of hydrogen-bond donors (Lipinski definition) is 0. The largest absolute Gasteiger partial charge is 0.339 e. The minimum absolute atomic E-state index is 0.0242. The molecule has 2 heterocycles. The molecular formula is C23H25N3O3S. The number of anilines is 2. The van der Waals surface area contributed by atoms with E-state index in [1.54, 1.807) is 21.9 Å². The van der Waals surface area contributed by atoms with Crippen LogP contribution in [-0.2, 0) is 16.0 Å². The minimum atomic E-state index is -0.110. The molecule has 4 rings (SSSR count). The average Bonchev–Trinajstić information content (AvgIpc) is 3.20. The first kappa shape index (κ1) is 20.5. The van der Waals surface area contributed by atoms with Gasteiger partial charge in [0.2, 0.25) is 11.8 Å². The number of carbonyl (C=O) groups is 3. The molecule has 2 aliphatic rings. The van der Waals surface area contributed by atoms with E-state index >= 15 is 0 Å². The van der Waals surface area contributed by atoms with E-state index in [9.17, 15) is 14.4 Å². The van der Waals surface area contributed by atoms with Crippen LogP contribution in [0.5, 0.6) is 0 Å². The van der Waals surface area contributed by atoms with Crippen molar-refractivity contribution in [3.63, 3.8) is 0 Å². The molecule has 2 aromatic carbocycles. The van der Waals surface area contributed by atoms with E-state index in [1.807, 2.05) is 44.2 Å². The van der Waals surface area contributed by atoms with Crippen LogP contribution in [0.4, 0.5) is 11.4 Å². The van der Waals surface area contributed by atoms with Gasteiger partial charge in [0.15, 0.2) is 0 Å². The van der Waals surface area contributed by atoms with E-state index in [0.717, 1.165) is 22.6 Å². The summed E-state index contributed by atoms with van der Waals surface area (Å²) in [5.41, 5.74) is 3.26. The summed E-state index contributed by atoms with van der Waals surface area (Å²) < 4.78 is 0. The van der Waals surface area contributed by atoms with Gasteiger partial charge in [0.1, 0.15) is 6.54 Å². The molecule has 0 bridgehead atoms. The molecule has 0 aliphatic carbocycles. The first-order valence-corrected chi connectivity index (χ1v) is 11.3. The summed E-state index contributed by atoms with van der Waals surface area (Å²) in [5, 5.41) is 0. The number of fused-ring (bicyclic) bond motifs is 2. The summed E-state index contributed by atoms with van der Waals surface area (Å²) >= 11 is 1.45. The molecule has 0 saturated heterocycles. The third kappa shape index (κ3) is 3.69. The van der Waals surface area contributed by atoms with Gasteiger partial charge in [-0.1, -0.05) is 18.2 Å². The van der Waals surface area contributed by atoms with Crippen LogP contribution in [0.25, 0.3) is 0 Å². The highest BCUT2D eigenvalue weighted by Crippen LogP contribution is 2.37. The van der Waals surface area contributed by atoms with Crippen molar-refractivity contribution in [3.8, 4) is 0 Å². The number of amides is 3. The zero-order valence-electron chi connectivity index (χ0n) is 17.3. The Balaban J connectivity index is 1.61. The smallest absolute Gasteiger partial charge is 0.253 e. The van der Waals surface area contributed by atoms with E-state index in [-0.39, 0.29) is 24.3 Å². The second kappa shape index (κ2) is 8.52. The van der Waals surface area contributed by atoms with Crippen molar-refractivity contribution in [2.45, 2.75) is 25.2 Å². The predicted octanol–water partition coefficient (Wildman–Crippen LogP) is 3.20. The third-order valence-electron chi connectivity index (χ3n) is 5.68. The Labute approximate surface area is 180 Å². The highest BCUT2D eigenvalue weighted by Gasteiger charge is 2.31. The van der Waals surface area contributed by atoms with Crippen LogP contribution in [0.2, 0.25) is 0 Å². The number of carbonyl (C=O) groups excluding carboxylic acids is 3. The standard InChI is InChI=1S/C23H25N3O3S/c1-3-24(4-2)23(29)17-9-10-20-19(13-17)26(22(28)15-30-20)14-21(27)25-12-11-16-7-5-6-8-18(16)25/h5-10,13H,3-4,11-12,14-15H2,1-2H3. The molecule has 0 saturated carbocycles. The topological polar surface area (TPSA) is 60.9 Å². The van der Waals surface area contributed by atoms with Gasteiger partial charge in [0.25, 0.3) is 5.91 Å². The number of benzene rings is 2. The lowest BCUT2D eigenvalue weighted by Crippen LogP contribution is -2.44. The Bertz CT molecular complexity index is 1000. The number of rotatable bonds is 5. The Kier molecular flexibility index (Phi) is 5.81. The maximum Gasteiger partial charge on any atom is 0.253 e. The molecule has 0 N–H and O–H groups in total. The molecule has 0 atom stereocenters. The van der Waals surface area contributed by atoms with Gasteiger partial charge in [0, 0.05) is 35.8 Å². The predicted molar refractivity (Wildman–Crippen MR) is 119 cm³/mol. The van der Waals surface area contributed by atoms with Crippen molar-refractivity contribution in [1.82, 2.24) is 4.90 Å². The maximum atomic E-state index is 13.1. The molecule has 0 spiro atoms. The van der Waals surface area contributed by atoms with Gasteiger partial charge >= 0.3 is 0 Å². The summed E-state index contributed by atoms with van der Waals surface area (Å²) in [6.07, 6.45) is 0.824. The van der Waals surface area contributed by atoms with E-state index in [0.29, 0.717) is 36.6 Å². The molecule has 0 fully saturated rings. The third-order valence-corrected chi connectivity index (χ3v) is 6.73. The molecule has 7 heteroatoms. The molecule has 3 amide bonds. The second-order valence-electron chi connectivity index (χ2n) is 7.35. The number of thioether (sulfide) groups is 1. The molecule has 156 valence electrons. The van der Waals surface area contributed by atoms with Gasteiger partial charge in [-0.25, -0.2) is 0 Å².